The Morgan fingerprint density at radius 3 is 2.65 bits per heavy atom. The van der Waals surface area contributed by atoms with E-state index in [-0.39, 0.29) is 23.3 Å². The van der Waals surface area contributed by atoms with Gasteiger partial charge in [0, 0.05) is 55.3 Å². The molecular weight excluding hydrogens is 472 g/mol. The number of nitrogens with zero attached hydrogens (tertiary/aromatic N) is 2. The summed E-state index contributed by atoms with van der Waals surface area (Å²) in [5, 5.41) is 16.9. The third kappa shape index (κ3) is 5.62. The van der Waals surface area contributed by atoms with Crippen molar-refractivity contribution in [3.05, 3.63) is 99.1 Å². The number of anilines is 2. The van der Waals surface area contributed by atoms with E-state index in [0.717, 1.165) is 31.5 Å². The van der Waals surface area contributed by atoms with Crippen LogP contribution in [-0.2, 0) is 17.7 Å². The van der Waals surface area contributed by atoms with Crippen molar-refractivity contribution < 1.29 is 19.2 Å². The van der Waals surface area contributed by atoms with Gasteiger partial charge in [0.25, 0.3) is 17.5 Å². The minimum atomic E-state index is -0.543. The standard InChI is InChI=1S/C28H28N4O5/c33-27(20-7-3-8-23(15-20)32(35)36)30-22-10-11-26(31-13-12-19-5-1-2-6-21(19)18-31)25(16-22)28(34)29-17-24-9-4-14-37-24/h1-3,5-8,10-11,15-16,24H,4,9,12-14,17-18H2,(H,29,34)(H,30,33). The molecule has 2 N–H and O–H groups in total. The van der Waals surface area contributed by atoms with E-state index in [9.17, 15) is 19.7 Å². The van der Waals surface area contributed by atoms with Gasteiger partial charge in [-0.05, 0) is 54.7 Å². The van der Waals surface area contributed by atoms with Crippen LogP contribution >= 0.6 is 0 Å². The summed E-state index contributed by atoms with van der Waals surface area (Å²) in [6.07, 6.45) is 2.78. The van der Waals surface area contributed by atoms with E-state index >= 15 is 0 Å². The first kappa shape index (κ1) is 24.5. The number of carbonyl (C=O) groups is 2. The van der Waals surface area contributed by atoms with E-state index in [1.807, 2.05) is 18.2 Å². The molecule has 0 bridgehead atoms. The molecule has 2 aliphatic rings. The van der Waals surface area contributed by atoms with Crippen LogP contribution < -0.4 is 15.5 Å². The third-order valence-corrected chi connectivity index (χ3v) is 6.80. The molecule has 1 atom stereocenters. The average Bonchev–Trinajstić information content (AvgIpc) is 3.45. The second kappa shape index (κ2) is 10.8. The molecule has 9 heteroatoms. The van der Waals surface area contributed by atoms with E-state index in [4.69, 9.17) is 4.74 Å². The van der Waals surface area contributed by atoms with Crippen molar-refractivity contribution in [2.24, 2.45) is 0 Å². The van der Waals surface area contributed by atoms with Crippen LogP contribution in [0.2, 0.25) is 0 Å². The Hall–Kier alpha value is -4.24. The van der Waals surface area contributed by atoms with Crippen molar-refractivity contribution in [1.82, 2.24) is 5.32 Å². The summed E-state index contributed by atoms with van der Waals surface area (Å²) in [5.41, 5.74) is 4.20. The van der Waals surface area contributed by atoms with Crippen LogP contribution in [0, 0.1) is 10.1 Å². The molecule has 0 aliphatic carbocycles. The molecule has 2 amide bonds. The van der Waals surface area contributed by atoms with Crippen molar-refractivity contribution in [3.8, 4) is 0 Å². The van der Waals surface area contributed by atoms with Gasteiger partial charge in [-0.3, -0.25) is 19.7 Å². The zero-order valence-corrected chi connectivity index (χ0v) is 20.3. The predicted octanol–water partition coefficient (Wildman–Crippen LogP) is 4.32. The van der Waals surface area contributed by atoms with Crippen LogP contribution in [0.3, 0.4) is 0 Å². The molecule has 1 unspecified atom stereocenters. The molecule has 37 heavy (non-hydrogen) atoms. The van der Waals surface area contributed by atoms with Gasteiger partial charge in [0.05, 0.1) is 16.6 Å². The highest BCUT2D eigenvalue weighted by Crippen LogP contribution is 2.30. The summed E-state index contributed by atoms with van der Waals surface area (Å²) < 4.78 is 5.65. The number of rotatable bonds is 7. The molecule has 2 aliphatic heterocycles. The Morgan fingerprint density at radius 1 is 1.03 bits per heavy atom. The van der Waals surface area contributed by atoms with Gasteiger partial charge in [0.2, 0.25) is 0 Å². The highest BCUT2D eigenvalue weighted by Gasteiger charge is 2.24. The summed E-state index contributed by atoms with van der Waals surface area (Å²) in [5.74, 6) is -0.732. The van der Waals surface area contributed by atoms with Gasteiger partial charge in [-0.25, -0.2) is 0 Å². The summed E-state index contributed by atoms with van der Waals surface area (Å²) in [7, 11) is 0. The molecular formula is C28H28N4O5. The number of carbonyl (C=O) groups excluding carboxylic acids is 2. The fourth-order valence-corrected chi connectivity index (χ4v) is 4.84. The lowest BCUT2D eigenvalue weighted by Gasteiger charge is -2.32. The maximum atomic E-state index is 13.4. The van der Waals surface area contributed by atoms with Gasteiger partial charge < -0.3 is 20.3 Å². The maximum Gasteiger partial charge on any atom is 0.270 e. The molecule has 5 rings (SSSR count). The Balaban J connectivity index is 1.40. The third-order valence-electron chi connectivity index (χ3n) is 6.80. The van der Waals surface area contributed by atoms with Crippen molar-refractivity contribution in [2.45, 2.75) is 31.9 Å². The molecule has 0 spiro atoms. The van der Waals surface area contributed by atoms with Crippen LogP contribution in [-0.4, -0.2) is 42.5 Å². The van der Waals surface area contributed by atoms with Gasteiger partial charge >= 0.3 is 0 Å². The molecule has 9 nitrogen and oxygen atoms in total. The van der Waals surface area contributed by atoms with Gasteiger partial charge in [0.15, 0.2) is 0 Å². The lowest BCUT2D eigenvalue weighted by Crippen LogP contribution is -2.35. The quantitative estimate of drug-likeness (QED) is 0.369. The fraction of sp³-hybridized carbons (Fsp3) is 0.286. The summed E-state index contributed by atoms with van der Waals surface area (Å²) in [6.45, 7) is 2.58. The summed E-state index contributed by atoms with van der Waals surface area (Å²) in [4.78, 5) is 38.9. The van der Waals surface area contributed by atoms with Crippen LogP contribution in [0.5, 0.6) is 0 Å². The highest BCUT2D eigenvalue weighted by atomic mass is 16.6. The van der Waals surface area contributed by atoms with Crippen molar-refractivity contribution in [3.63, 3.8) is 0 Å². The molecule has 1 fully saturated rings. The number of fused-ring (bicyclic) bond motifs is 1. The predicted molar refractivity (Wildman–Crippen MR) is 140 cm³/mol. The van der Waals surface area contributed by atoms with Crippen molar-refractivity contribution in [2.75, 3.05) is 29.9 Å². The average molecular weight is 501 g/mol. The first-order chi connectivity index (χ1) is 18.0. The first-order valence-corrected chi connectivity index (χ1v) is 12.4. The Bertz CT molecular complexity index is 1340. The van der Waals surface area contributed by atoms with Gasteiger partial charge in [0.1, 0.15) is 0 Å². The van der Waals surface area contributed by atoms with Gasteiger partial charge in [-0.2, -0.15) is 0 Å². The number of amides is 2. The zero-order chi connectivity index (χ0) is 25.8. The number of benzene rings is 3. The molecule has 0 radical (unpaired) electrons. The molecule has 190 valence electrons. The molecule has 1 saturated heterocycles. The molecule has 0 saturated carbocycles. The minimum absolute atomic E-state index is 0.00557. The normalized spacial score (nSPS) is 16.6. The van der Waals surface area contributed by atoms with E-state index < -0.39 is 10.8 Å². The summed E-state index contributed by atoms with van der Waals surface area (Å²) in [6, 6.07) is 19.1. The van der Waals surface area contributed by atoms with E-state index in [2.05, 4.69) is 27.7 Å². The topological polar surface area (TPSA) is 114 Å². The summed E-state index contributed by atoms with van der Waals surface area (Å²) >= 11 is 0. The van der Waals surface area contributed by atoms with Gasteiger partial charge in [-0.15, -0.1) is 0 Å². The van der Waals surface area contributed by atoms with E-state index in [1.165, 1.54) is 35.4 Å². The molecule has 3 aromatic carbocycles. The monoisotopic (exact) mass is 500 g/mol. The lowest BCUT2D eigenvalue weighted by atomic mass is 9.98. The first-order valence-electron chi connectivity index (χ1n) is 12.4. The fourth-order valence-electron chi connectivity index (χ4n) is 4.84. The van der Waals surface area contributed by atoms with Crippen LogP contribution in [0.1, 0.15) is 44.7 Å². The van der Waals surface area contributed by atoms with Crippen LogP contribution in [0.25, 0.3) is 0 Å². The smallest absolute Gasteiger partial charge is 0.270 e. The SMILES string of the molecule is O=C(Nc1ccc(N2CCc3ccccc3C2)c(C(=O)NCC2CCCO2)c1)c1cccc([N+](=O)[O-])c1. The zero-order valence-electron chi connectivity index (χ0n) is 20.3. The minimum Gasteiger partial charge on any atom is -0.376 e. The maximum absolute atomic E-state index is 13.4. The van der Waals surface area contributed by atoms with Gasteiger partial charge in [-0.1, -0.05) is 30.3 Å². The molecule has 3 aromatic rings. The van der Waals surface area contributed by atoms with Crippen LogP contribution in [0.4, 0.5) is 17.1 Å². The number of hydrogen-bond donors (Lipinski definition) is 2. The number of nitro benzene ring substituents is 1. The Labute approximate surface area is 214 Å². The van der Waals surface area contributed by atoms with Crippen molar-refractivity contribution in [1.29, 1.82) is 0 Å². The largest absolute Gasteiger partial charge is 0.376 e. The second-order valence-electron chi connectivity index (χ2n) is 9.28. The highest BCUT2D eigenvalue weighted by molar-refractivity contribution is 6.06. The number of non-ortho nitro benzene ring substituents is 1. The second-order valence-corrected chi connectivity index (χ2v) is 9.28. The number of nitrogens with one attached hydrogen (secondary N) is 2. The van der Waals surface area contributed by atoms with Crippen LogP contribution in [0.15, 0.2) is 66.7 Å². The lowest BCUT2D eigenvalue weighted by molar-refractivity contribution is -0.384. The van der Waals surface area contributed by atoms with Crippen molar-refractivity contribution >= 4 is 28.9 Å². The Morgan fingerprint density at radius 2 is 1.86 bits per heavy atom. The van der Waals surface area contributed by atoms with E-state index in [0.29, 0.717) is 30.9 Å². The van der Waals surface area contributed by atoms with E-state index in [1.54, 1.807) is 12.1 Å². The number of nitro groups is 1. The Kier molecular flexibility index (Phi) is 7.14. The number of hydrogen-bond acceptors (Lipinski definition) is 6. The molecule has 0 aromatic heterocycles. The molecule has 2 heterocycles. The number of ether oxygens (including phenoxy) is 1.